The first kappa shape index (κ1) is 23.6. The van der Waals surface area contributed by atoms with Gasteiger partial charge in [-0.2, -0.15) is 0 Å². The molecule has 9 nitrogen and oxygen atoms in total. The quantitative estimate of drug-likeness (QED) is 0.700. The second-order valence-electron chi connectivity index (χ2n) is 8.54. The summed E-state index contributed by atoms with van der Waals surface area (Å²) in [5, 5.41) is 5.58. The van der Waals surface area contributed by atoms with Crippen LogP contribution < -0.4 is 20.1 Å². The molecular formula is C25H29N3O6. The topological polar surface area (TPSA) is 106 Å². The van der Waals surface area contributed by atoms with Crippen LogP contribution in [-0.2, 0) is 14.3 Å². The Morgan fingerprint density at radius 2 is 1.91 bits per heavy atom. The predicted molar refractivity (Wildman–Crippen MR) is 126 cm³/mol. The smallest absolute Gasteiger partial charge is 0.257 e. The molecule has 3 atom stereocenters. The molecule has 1 saturated heterocycles. The summed E-state index contributed by atoms with van der Waals surface area (Å²) in [6.07, 6.45) is 0.895. The molecule has 3 amide bonds. The van der Waals surface area contributed by atoms with E-state index in [4.69, 9.17) is 14.2 Å². The van der Waals surface area contributed by atoms with E-state index in [-0.39, 0.29) is 49.0 Å². The zero-order valence-electron chi connectivity index (χ0n) is 19.5. The van der Waals surface area contributed by atoms with Crippen LogP contribution in [0.25, 0.3) is 0 Å². The van der Waals surface area contributed by atoms with Crippen molar-refractivity contribution in [2.75, 3.05) is 31.4 Å². The van der Waals surface area contributed by atoms with Crippen molar-refractivity contribution < 1.29 is 28.6 Å². The molecule has 2 aromatic carbocycles. The van der Waals surface area contributed by atoms with Gasteiger partial charge in [0.05, 0.1) is 31.2 Å². The maximum absolute atomic E-state index is 13.2. The highest BCUT2D eigenvalue weighted by atomic mass is 16.5. The van der Waals surface area contributed by atoms with Crippen LogP contribution >= 0.6 is 0 Å². The lowest BCUT2D eigenvalue weighted by molar-refractivity contribution is -0.130. The molecule has 2 N–H and O–H groups in total. The minimum Gasteiger partial charge on any atom is -0.497 e. The number of methoxy groups -OCH3 is 1. The fraction of sp³-hybridized carbons (Fsp3) is 0.400. The molecule has 9 heteroatoms. The van der Waals surface area contributed by atoms with E-state index in [1.54, 1.807) is 49.4 Å². The van der Waals surface area contributed by atoms with E-state index < -0.39 is 0 Å². The van der Waals surface area contributed by atoms with Gasteiger partial charge in [-0.05, 0) is 43.2 Å². The summed E-state index contributed by atoms with van der Waals surface area (Å²) < 4.78 is 17.4. The van der Waals surface area contributed by atoms with Crippen LogP contribution in [0.3, 0.4) is 0 Å². The summed E-state index contributed by atoms with van der Waals surface area (Å²) in [6.45, 7) is 1.67. The number of rotatable bonds is 5. The number of fused-ring (bicyclic) bond motifs is 2. The van der Waals surface area contributed by atoms with Crippen LogP contribution in [-0.4, -0.2) is 61.6 Å². The van der Waals surface area contributed by atoms with Crippen molar-refractivity contribution in [3.8, 4) is 11.5 Å². The maximum atomic E-state index is 13.2. The molecular weight excluding hydrogens is 438 g/mol. The molecule has 0 radical (unpaired) electrons. The number of nitrogens with one attached hydrogen (secondary N) is 2. The predicted octanol–water partition coefficient (Wildman–Crippen LogP) is 3.06. The molecule has 2 aliphatic rings. The Morgan fingerprint density at radius 1 is 1.12 bits per heavy atom. The SMILES string of the molecule is COc1cccc(NC(=O)C[C@@H]2CC[C@H]3[C@H](COc4ccc(NC(C)=O)cc4C(=O)N3C)O2)c1. The van der Waals surface area contributed by atoms with Gasteiger partial charge in [-0.25, -0.2) is 0 Å². The summed E-state index contributed by atoms with van der Waals surface area (Å²) in [5.41, 5.74) is 1.59. The monoisotopic (exact) mass is 467 g/mol. The highest BCUT2D eigenvalue weighted by molar-refractivity contribution is 5.99. The van der Waals surface area contributed by atoms with Crippen LogP contribution in [0, 0.1) is 0 Å². The molecule has 180 valence electrons. The van der Waals surface area contributed by atoms with Gasteiger partial charge in [0.1, 0.15) is 24.2 Å². The Balaban J connectivity index is 1.42. The minimum atomic E-state index is -0.361. The Labute approximate surface area is 198 Å². The lowest BCUT2D eigenvalue weighted by Crippen LogP contribution is -2.53. The molecule has 0 aromatic heterocycles. The molecule has 2 aliphatic heterocycles. The van der Waals surface area contributed by atoms with Crippen molar-refractivity contribution in [1.82, 2.24) is 4.90 Å². The van der Waals surface area contributed by atoms with Crippen molar-refractivity contribution in [2.24, 2.45) is 0 Å². The average Bonchev–Trinajstić information content (AvgIpc) is 2.81. The van der Waals surface area contributed by atoms with E-state index in [0.29, 0.717) is 41.3 Å². The normalized spacial score (nSPS) is 21.8. The molecule has 0 bridgehead atoms. The number of amides is 3. The zero-order chi connectivity index (χ0) is 24.2. The summed E-state index contributed by atoms with van der Waals surface area (Å²) >= 11 is 0. The number of carbonyl (C=O) groups is 3. The molecule has 4 rings (SSSR count). The van der Waals surface area contributed by atoms with Crippen molar-refractivity contribution in [3.05, 3.63) is 48.0 Å². The van der Waals surface area contributed by atoms with Gasteiger partial charge in [-0.1, -0.05) is 6.07 Å². The zero-order valence-corrected chi connectivity index (χ0v) is 19.5. The van der Waals surface area contributed by atoms with E-state index in [1.165, 1.54) is 6.92 Å². The van der Waals surface area contributed by atoms with Crippen molar-refractivity contribution in [1.29, 1.82) is 0 Å². The largest absolute Gasteiger partial charge is 0.497 e. The van der Waals surface area contributed by atoms with E-state index >= 15 is 0 Å². The van der Waals surface area contributed by atoms with E-state index in [2.05, 4.69) is 10.6 Å². The van der Waals surface area contributed by atoms with E-state index in [9.17, 15) is 14.4 Å². The van der Waals surface area contributed by atoms with Crippen molar-refractivity contribution in [2.45, 2.75) is 44.4 Å². The number of ether oxygens (including phenoxy) is 3. The van der Waals surface area contributed by atoms with Crippen LogP contribution in [0.5, 0.6) is 11.5 Å². The third kappa shape index (κ3) is 5.31. The Morgan fingerprint density at radius 3 is 2.68 bits per heavy atom. The van der Waals surface area contributed by atoms with Crippen molar-refractivity contribution in [3.63, 3.8) is 0 Å². The second kappa shape index (κ2) is 10.1. The molecule has 34 heavy (non-hydrogen) atoms. The summed E-state index contributed by atoms with van der Waals surface area (Å²) in [6, 6.07) is 12.0. The average molecular weight is 468 g/mol. The van der Waals surface area contributed by atoms with E-state index in [1.807, 2.05) is 12.1 Å². The fourth-order valence-electron chi connectivity index (χ4n) is 4.43. The third-order valence-electron chi connectivity index (χ3n) is 6.10. The highest BCUT2D eigenvalue weighted by Gasteiger charge is 2.39. The van der Waals surface area contributed by atoms with E-state index in [0.717, 1.165) is 0 Å². The van der Waals surface area contributed by atoms with Crippen LogP contribution in [0.4, 0.5) is 11.4 Å². The number of hydrogen-bond acceptors (Lipinski definition) is 6. The number of anilines is 2. The minimum absolute atomic E-state index is 0.149. The molecule has 0 unspecified atom stereocenters. The Bertz CT molecular complexity index is 1090. The summed E-state index contributed by atoms with van der Waals surface area (Å²) in [5.74, 6) is 0.539. The third-order valence-corrected chi connectivity index (χ3v) is 6.10. The number of hydrogen-bond donors (Lipinski definition) is 2. The number of carbonyl (C=O) groups excluding carboxylic acids is 3. The van der Waals surface area contributed by atoms with Gasteiger partial charge in [0, 0.05) is 31.4 Å². The van der Waals surface area contributed by atoms with Gasteiger partial charge in [0.2, 0.25) is 11.8 Å². The van der Waals surface area contributed by atoms with Crippen LogP contribution in [0.1, 0.15) is 36.5 Å². The molecule has 0 spiro atoms. The lowest BCUT2D eigenvalue weighted by Gasteiger charge is -2.42. The second-order valence-corrected chi connectivity index (χ2v) is 8.54. The summed E-state index contributed by atoms with van der Waals surface area (Å²) in [7, 11) is 3.33. The highest BCUT2D eigenvalue weighted by Crippen LogP contribution is 2.32. The molecule has 1 fully saturated rings. The van der Waals surface area contributed by atoms with Gasteiger partial charge in [-0.3, -0.25) is 14.4 Å². The Kier molecular flexibility index (Phi) is 7.02. The van der Waals surface area contributed by atoms with Crippen LogP contribution in [0.2, 0.25) is 0 Å². The van der Waals surface area contributed by atoms with Gasteiger partial charge in [0.15, 0.2) is 0 Å². The molecule has 0 saturated carbocycles. The van der Waals surface area contributed by atoms with Gasteiger partial charge >= 0.3 is 0 Å². The standard InChI is InChI=1S/C25H29N3O6/c1-15(29)26-17-7-10-22-20(12-17)25(31)28(2)21-9-8-19(34-23(21)14-33-22)13-24(30)27-16-5-4-6-18(11-16)32-3/h4-7,10-12,19,21,23H,8-9,13-14H2,1-3H3,(H,26,29)(H,27,30)/t19-,21-,23-/m0/s1. The first-order chi connectivity index (χ1) is 16.3. The van der Waals surface area contributed by atoms with Crippen molar-refractivity contribution >= 4 is 29.1 Å². The first-order valence-electron chi connectivity index (χ1n) is 11.2. The van der Waals surface area contributed by atoms with Gasteiger partial charge in [0.25, 0.3) is 5.91 Å². The van der Waals surface area contributed by atoms with Gasteiger partial charge < -0.3 is 29.7 Å². The Hall–Kier alpha value is -3.59. The number of benzene rings is 2. The fourth-order valence-corrected chi connectivity index (χ4v) is 4.43. The maximum Gasteiger partial charge on any atom is 0.257 e. The van der Waals surface area contributed by atoms with Gasteiger partial charge in [-0.15, -0.1) is 0 Å². The lowest BCUT2D eigenvalue weighted by atomic mass is 9.94. The van der Waals surface area contributed by atoms with Crippen LogP contribution in [0.15, 0.2) is 42.5 Å². The molecule has 0 aliphatic carbocycles. The number of nitrogens with zero attached hydrogens (tertiary/aromatic N) is 1. The molecule has 2 heterocycles. The number of likely N-dealkylation sites (N-methyl/N-ethyl adjacent to an activating group) is 1. The first-order valence-corrected chi connectivity index (χ1v) is 11.2. The summed E-state index contributed by atoms with van der Waals surface area (Å²) in [4.78, 5) is 38.9. The molecule has 2 aromatic rings.